The van der Waals surface area contributed by atoms with Gasteiger partial charge < -0.3 is 10.8 Å². The molecule has 0 unspecified atom stereocenters. The van der Waals surface area contributed by atoms with E-state index < -0.39 is 0 Å². The van der Waals surface area contributed by atoms with E-state index in [1.54, 1.807) is 22.8 Å². The van der Waals surface area contributed by atoms with Gasteiger partial charge in [-0.3, -0.25) is 9.36 Å². The second-order valence-electron chi connectivity index (χ2n) is 5.74. The van der Waals surface area contributed by atoms with Crippen molar-refractivity contribution < 1.29 is 5.11 Å². The van der Waals surface area contributed by atoms with Gasteiger partial charge in [0.25, 0.3) is 5.56 Å². The predicted octanol–water partition coefficient (Wildman–Crippen LogP) is 2.01. The summed E-state index contributed by atoms with van der Waals surface area (Å²) in [7, 11) is 0. The largest absolute Gasteiger partial charge is 0.396 e. The monoisotopic (exact) mass is 307 g/mol. The Morgan fingerprint density at radius 2 is 2.24 bits per heavy atom. The zero-order valence-corrected chi connectivity index (χ0v) is 12.5. The molecule has 1 aliphatic carbocycles. The molecule has 1 aromatic heterocycles. The molecule has 1 aromatic carbocycles. The van der Waals surface area contributed by atoms with Crippen LogP contribution in [0, 0.1) is 5.92 Å². The van der Waals surface area contributed by atoms with Crippen molar-refractivity contribution in [3.63, 3.8) is 0 Å². The molecule has 2 aromatic rings. The minimum Gasteiger partial charge on any atom is -0.396 e. The van der Waals surface area contributed by atoms with Gasteiger partial charge in [0.2, 0.25) is 0 Å². The lowest BCUT2D eigenvalue weighted by molar-refractivity contribution is 0.108. The molecule has 0 saturated heterocycles. The number of nitrogens with two attached hydrogens (primary N) is 1. The van der Waals surface area contributed by atoms with Crippen LogP contribution < -0.4 is 11.3 Å². The van der Waals surface area contributed by atoms with Gasteiger partial charge in [0.15, 0.2) is 0 Å². The molecule has 5 nitrogen and oxygen atoms in total. The maximum absolute atomic E-state index is 12.8. The summed E-state index contributed by atoms with van der Waals surface area (Å²) in [6.45, 7) is 1.97. The van der Waals surface area contributed by atoms with E-state index >= 15 is 0 Å². The van der Waals surface area contributed by atoms with Crippen molar-refractivity contribution in [2.45, 2.75) is 31.8 Å². The van der Waals surface area contributed by atoms with Crippen molar-refractivity contribution in [2.24, 2.45) is 11.7 Å². The van der Waals surface area contributed by atoms with Crippen LogP contribution >= 0.6 is 11.6 Å². The highest BCUT2D eigenvalue weighted by molar-refractivity contribution is 6.35. The minimum atomic E-state index is -0.339. The molecule has 1 fully saturated rings. The van der Waals surface area contributed by atoms with Crippen LogP contribution in [-0.4, -0.2) is 21.3 Å². The molecule has 0 spiro atoms. The molecule has 1 aliphatic rings. The summed E-state index contributed by atoms with van der Waals surface area (Å²) < 4.78 is 1.67. The number of rotatable bonds is 3. The Morgan fingerprint density at radius 1 is 1.52 bits per heavy atom. The summed E-state index contributed by atoms with van der Waals surface area (Å²) in [6, 6.07) is 4.95. The number of aliphatic hydroxyl groups excluding tert-OH is 1. The number of hydrogen-bond acceptors (Lipinski definition) is 4. The number of halogens is 1. The molecule has 112 valence electrons. The maximum Gasteiger partial charge on any atom is 0.263 e. The lowest BCUT2D eigenvalue weighted by atomic mass is 9.80. The van der Waals surface area contributed by atoms with Crippen LogP contribution in [0.5, 0.6) is 0 Å². The van der Waals surface area contributed by atoms with E-state index in [1.807, 2.05) is 6.92 Å². The van der Waals surface area contributed by atoms with Crippen molar-refractivity contribution >= 4 is 22.5 Å². The first kappa shape index (κ1) is 14.5. The number of fused-ring (bicyclic) bond motifs is 1. The van der Waals surface area contributed by atoms with E-state index in [0.29, 0.717) is 21.7 Å². The van der Waals surface area contributed by atoms with Crippen molar-refractivity contribution in [1.29, 1.82) is 0 Å². The molecular formula is C15H18ClN3O2. The van der Waals surface area contributed by atoms with Gasteiger partial charge in [-0.1, -0.05) is 17.7 Å². The topological polar surface area (TPSA) is 81.1 Å². The van der Waals surface area contributed by atoms with Crippen LogP contribution in [0.2, 0.25) is 5.02 Å². The van der Waals surface area contributed by atoms with Gasteiger partial charge in [-0.15, -0.1) is 0 Å². The molecular weight excluding hydrogens is 290 g/mol. The second kappa shape index (κ2) is 5.40. The van der Waals surface area contributed by atoms with Crippen molar-refractivity contribution in [3.8, 4) is 0 Å². The van der Waals surface area contributed by atoms with Gasteiger partial charge in [-0.25, -0.2) is 4.98 Å². The number of nitrogens with zero attached hydrogens (tertiary/aromatic N) is 2. The Labute approximate surface area is 127 Å². The van der Waals surface area contributed by atoms with Crippen molar-refractivity contribution in [3.05, 3.63) is 39.4 Å². The Balaban J connectivity index is 2.21. The van der Waals surface area contributed by atoms with Crippen molar-refractivity contribution in [1.82, 2.24) is 9.55 Å². The third kappa shape index (κ3) is 2.35. The Kier molecular flexibility index (Phi) is 3.73. The number of aliphatic hydroxyl groups is 1. The highest BCUT2D eigenvalue weighted by atomic mass is 35.5. The van der Waals surface area contributed by atoms with Gasteiger partial charge >= 0.3 is 0 Å². The fraction of sp³-hybridized carbons (Fsp3) is 0.467. The molecule has 1 heterocycles. The standard InChI is InChI=1S/C15H18ClN3O2/c1-8(17)14-18-12-4-2-3-11(16)13(12)15(21)19(14)10-5-9(6-10)7-20/h2-4,8-10,20H,5-7,17H2,1H3/t8-,9?,10?/m0/s1. The molecule has 0 amide bonds. The van der Waals surface area contributed by atoms with Crippen LogP contribution in [0.1, 0.15) is 37.7 Å². The molecule has 1 atom stereocenters. The maximum atomic E-state index is 12.8. The fourth-order valence-corrected chi connectivity index (χ4v) is 3.20. The predicted molar refractivity (Wildman–Crippen MR) is 82.5 cm³/mol. The van der Waals surface area contributed by atoms with E-state index in [9.17, 15) is 4.79 Å². The average Bonchev–Trinajstić information content (AvgIpc) is 2.39. The van der Waals surface area contributed by atoms with E-state index in [0.717, 1.165) is 12.8 Å². The Hall–Kier alpha value is -1.43. The SMILES string of the molecule is C[C@H](N)c1nc2cccc(Cl)c2c(=O)n1C1CC(CO)C1. The quantitative estimate of drug-likeness (QED) is 0.909. The Bertz CT molecular complexity index is 736. The first-order valence-electron chi connectivity index (χ1n) is 7.10. The lowest BCUT2D eigenvalue weighted by Gasteiger charge is -2.37. The van der Waals surface area contributed by atoms with E-state index in [2.05, 4.69) is 4.98 Å². The van der Waals surface area contributed by atoms with Crippen LogP contribution in [0.3, 0.4) is 0 Å². The number of hydrogen-bond donors (Lipinski definition) is 2. The molecule has 1 saturated carbocycles. The number of benzene rings is 1. The van der Waals surface area contributed by atoms with E-state index in [-0.39, 0.29) is 30.2 Å². The van der Waals surface area contributed by atoms with E-state index in [4.69, 9.17) is 22.4 Å². The third-order valence-corrected chi connectivity index (χ3v) is 4.46. The molecule has 0 aliphatic heterocycles. The highest BCUT2D eigenvalue weighted by Gasteiger charge is 2.33. The van der Waals surface area contributed by atoms with Crippen molar-refractivity contribution in [2.75, 3.05) is 6.61 Å². The summed E-state index contributed by atoms with van der Waals surface area (Å²) in [6.07, 6.45) is 1.54. The lowest BCUT2D eigenvalue weighted by Crippen LogP contribution is -2.39. The smallest absolute Gasteiger partial charge is 0.263 e. The summed E-state index contributed by atoms with van der Waals surface area (Å²) in [5.74, 6) is 0.834. The van der Waals surface area contributed by atoms with Gasteiger partial charge in [-0.05, 0) is 37.8 Å². The van der Waals surface area contributed by atoms with Crippen LogP contribution in [-0.2, 0) is 0 Å². The summed E-state index contributed by atoms with van der Waals surface area (Å²) in [5.41, 5.74) is 6.43. The highest BCUT2D eigenvalue weighted by Crippen LogP contribution is 2.38. The Morgan fingerprint density at radius 3 is 2.86 bits per heavy atom. The molecule has 0 bridgehead atoms. The van der Waals surface area contributed by atoms with Crippen LogP contribution in [0.25, 0.3) is 10.9 Å². The van der Waals surface area contributed by atoms with Gasteiger partial charge in [0.05, 0.1) is 22.0 Å². The first-order chi connectivity index (χ1) is 10.0. The minimum absolute atomic E-state index is 0.0452. The summed E-state index contributed by atoms with van der Waals surface area (Å²) in [4.78, 5) is 17.4. The second-order valence-corrected chi connectivity index (χ2v) is 6.15. The van der Waals surface area contributed by atoms with E-state index in [1.165, 1.54) is 0 Å². The molecule has 6 heteroatoms. The summed E-state index contributed by atoms with van der Waals surface area (Å²) in [5, 5.41) is 10.0. The fourth-order valence-electron chi connectivity index (χ4n) is 2.95. The zero-order chi connectivity index (χ0) is 15.1. The normalized spacial score (nSPS) is 23.0. The van der Waals surface area contributed by atoms with Gasteiger partial charge in [-0.2, -0.15) is 0 Å². The molecule has 0 radical (unpaired) electrons. The van der Waals surface area contributed by atoms with Gasteiger partial charge in [0, 0.05) is 12.6 Å². The third-order valence-electron chi connectivity index (χ3n) is 4.15. The van der Waals surface area contributed by atoms with Crippen LogP contribution in [0.15, 0.2) is 23.0 Å². The first-order valence-corrected chi connectivity index (χ1v) is 7.47. The molecule has 21 heavy (non-hydrogen) atoms. The molecule has 3 N–H and O–H groups in total. The average molecular weight is 308 g/mol. The summed E-state index contributed by atoms with van der Waals surface area (Å²) >= 11 is 6.16. The van der Waals surface area contributed by atoms with Gasteiger partial charge in [0.1, 0.15) is 5.82 Å². The molecule has 3 rings (SSSR count). The number of aromatic nitrogens is 2. The zero-order valence-electron chi connectivity index (χ0n) is 11.8. The van der Waals surface area contributed by atoms with Crippen LogP contribution in [0.4, 0.5) is 0 Å².